The van der Waals surface area contributed by atoms with E-state index in [1.54, 1.807) is 0 Å². The SMILES string of the molecule is CCc1ccc(NC(=O)Cc2cocn2)cc1. The van der Waals surface area contributed by atoms with Crippen LogP contribution in [0.5, 0.6) is 0 Å². The highest BCUT2D eigenvalue weighted by atomic mass is 16.3. The van der Waals surface area contributed by atoms with Crippen LogP contribution in [0.1, 0.15) is 18.2 Å². The summed E-state index contributed by atoms with van der Waals surface area (Å²) in [5, 5.41) is 2.81. The largest absolute Gasteiger partial charge is 0.451 e. The molecule has 1 amide bonds. The van der Waals surface area contributed by atoms with Gasteiger partial charge >= 0.3 is 0 Å². The van der Waals surface area contributed by atoms with Crippen LogP contribution in [0, 0.1) is 0 Å². The molecule has 1 N–H and O–H groups in total. The number of amides is 1. The lowest BCUT2D eigenvalue weighted by Gasteiger charge is -2.04. The third-order valence-corrected chi connectivity index (χ3v) is 2.47. The number of hydrogen-bond acceptors (Lipinski definition) is 3. The first-order chi connectivity index (χ1) is 8.28. The van der Waals surface area contributed by atoms with Crippen molar-refractivity contribution in [2.45, 2.75) is 19.8 Å². The molecule has 0 saturated carbocycles. The van der Waals surface area contributed by atoms with Crippen molar-refractivity contribution >= 4 is 11.6 Å². The fraction of sp³-hybridized carbons (Fsp3) is 0.231. The summed E-state index contributed by atoms with van der Waals surface area (Å²) in [4.78, 5) is 15.5. The Bertz CT molecular complexity index is 475. The number of nitrogens with zero attached hydrogens (tertiary/aromatic N) is 1. The van der Waals surface area contributed by atoms with E-state index in [4.69, 9.17) is 4.42 Å². The van der Waals surface area contributed by atoms with Gasteiger partial charge in [0.05, 0.1) is 12.1 Å². The molecule has 2 rings (SSSR count). The summed E-state index contributed by atoms with van der Waals surface area (Å²) in [6.45, 7) is 2.10. The number of nitrogens with one attached hydrogen (secondary N) is 1. The number of carbonyl (C=O) groups excluding carboxylic acids is 1. The summed E-state index contributed by atoms with van der Waals surface area (Å²) in [6.07, 6.45) is 4.01. The second-order valence-corrected chi connectivity index (χ2v) is 3.76. The van der Waals surface area contributed by atoms with E-state index >= 15 is 0 Å². The lowest BCUT2D eigenvalue weighted by atomic mass is 10.1. The normalized spacial score (nSPS) is 10.2. The Hall–Kier alpha value is -2.10. The molecule has 0 saturated heterocycles. The molecular formula is C13H14N2O2. The number of benzene rings is 1. The summed E-state index contributed by atoms with van der Waals surface area (Å²) >= 11 is 0. The van der Waals surface area contributed by atoms with Crippen LogP contribution in [0.15, 0.2) is 41.3 Å². The van der Waals surface area contributed by atoms with Crippen LogP contribution >= 0.6 is 0 Å². The van der Waals surface area contributed by atoms with Gasteiger partial charge in [-0.05, 0) is 24.1 Å². The highest BCUT2D eigenvalue weighted by Crippen LogP contribution is 2.10. The third-order valence-electron chi connectivity index (χ3n) is 2.47. The topological polar surface area (TPSA) is 55.1 Å². The number of hydrogen-bond donors (Lipinski definition) is 1. The second-order valence-electron chi connectivity index (χ2n) is 3.76. The molecule has 1 aromatic heterocycles. The molecule has 0 spiro atoms. The first-order valence-electron chi connectivity index (χ1n) is 5.54. The summed E-state index contributed by atoms with van der Waals surface area (Å²) in [6, 6.07) is 7.82. The highest BCUT2D eigenvalue weighted by Gasteiger charge is 2.05. The molecule has 88 valence electrons. The zero-order chi connectivity index (χ0) is 12.1. The molecule has 0 atom stereocenters. The molecule has 17 heavy (non-hydrogen) atoms. The smallest absolute Gasteiger partial charge is 0.230 e. The predicted molar refractivity (Wildman–Crippen MR) is 64.7 cm³/mol. The van der Waals surface area contributed by atoms with Crippen molar-refractivity contribution in [3.63, 3.8) is 0 Å². The average Bonchev–Trinajstić information content (AvgIpc) is 2.82. The molecule has 0 aliphatic rings. The summed E-state index contributed by atoms with van der Waals surface area (Å²) < 4.78 is 4.80. The Morgan fingerprint density at radius 1 is 1.35 bits per heavy atom. The standard InChI is InChI=1S/C13H14N2O2/c1-2-10-3-5-11(6-4-10)15-13(16)7-12-8-17-9-14-12/h3-6,8-9H,2,7H2,1H3,(H,15,16). The number of aromatic nitrogens is 1. The van der Waals surface area contributed by atoms with Crippen LogP contribution in [0.2, 0.25) is 0 Å². The molecule has 4 heteroatoms. The van der Waals surface area contributed by atoms with Gasteiger partial charge in [-0.15, -0.1) is 0 Å². The zero-order valence-electron chi connectivity index (χ0n) is 9.64. The first kappa shape index (κ1) is 11.4. The average molecular weight is 230 g/mol. The van der Waals surface area contributed by atoms with Gasteiger partial charge in [-0.1, -0.05) is 19.1 Å². The van der Waals surface area contributed by atoms with Crippen molar-refractivity contribution in [2.24, 2.45) is 0 Å². The minimum absolute atomic E-state index is 0.0943. The van der Waals surface area contributed by atoms with Crippen molar-refractivity contribution in [3.05, 3.63) is 48.2 Å². The van der Waals surface area contributed by atoms with Gasteiger partial charge in [-0.25, -0.2) is 4.98 Å². The minimum atomic E-state index is -0.0943. The van der Waals surface area contributed by atoms with Gasteiger partial charge in [0, 0.05) is 5.69 Å². The van der Waals surface area contributed by atoms with Gasteiger partial charge in [0.15, 0.2) is 6.39 Å². The van der Waals surface area contributed by atoms with E-state index in [1.807, 2.05) is 24.3 Å². The number of anilines is 1. The lowest BCUT2D eigenvalue weighted by molar-refractivity contribution is -0.115. The fourth-order valence-electron chi connectivity index (χ4n) is 1.52. The molecule has 0 unspecified atom stereocenters. The van der Waals surface area contributed by atoms with E-state index in [-0.39, 0.29) is 12.3 Å². The van der Waals surface area contributed by atoms with E-state index in [0.717, 1.165) is 12.1 Å². The molecule has 0 radical (unpaired) electrons. The van der Waals surface area contributed by atoms with Crippen LogP contribution in [0.4, 0.5) is 5.69 Å². The van der Waals surface area contributed by atoms with Crippen LogP contribution < -0.4 is 5.32 Å². The van der Waals surface area contributed by atoms with Gasteiger partial charge in [0.2, 0.25) is 5.91 Å². The van der Waals surface area contributed by atoms with Gasteiger partial charge in [0.1, 0.15) is 6.26 Å². The molecule has 1 aromatic carbocycles. The molecule has 4 nitrogen and oxygen atoms in total. The lowest BCUT2D eigenvalue weighted by Crippen LogP contribution is -2.14. The van der Waals surface area contributed by atoms with Gasteiger partial charge < -0.3 is 9.73 Å². The summed E-state index contributed by atoms with van der Waals surface area (Å²) in [7, 11) is 0. The van der Waals surface area contributed by atoms with E-state index in [9.17, 15) is 4.79 Å². The van der Waals surface area contributed by atoms with Crippen LogP contribution in [-0.4, -0.2) is 10.9 Å². The molecule has 0 bridgehead atoms. The van der Waals surface area contributed by atoms with Gasteiger partial charge in [0.25, 0.3) is 0 Å². The maximum Gasteiger partial charge on any atom is 0.230 e. The molecule has 0 fully saturated rings. The predicted octanol–water partition coefficient (Wildman–Crippen LogP) is 2.42. The maximum absolute atomic E-state index is 11.6. The Balaban J connectivity index is 1.93. The Kier molecular flexibility index (Phi) is 3.55. The zero-order valence-corrected chi connectivity index (χ0v) is 9.64. The van der Waals surface area contributed by atoms with E-state index in [1.165, 1.54) is 18.2 Å². The fourth-order valence-corrected chi connectivity index (χ4v) is 1.52. The number of oxazole rings is 1. The Morgan fingerprint density at radius 2 is 2.12 bits per heavy atom. The summed E-state index contributed by atoms with van der Waals surface area (Å²) in [5.41, 5.74) is 2.68. The Morgan fingerprint density at radius 3 is 2.71 bits per heavy atom. The quantitative estimate of drug-likeness (QED) is 0.877. The number of rotatable bonds is 4. The van der Waals surface area contributed by atoms with E-state index < -0.39 is 0 Å². The monoisotopic (exact) mass is 230 g/mol. The highest BCUT2D eigenvalue weighted by molar-refractivity contribution is 5.91. The number of carbonyl (C=O) groups is 1. The van der Waals surface area contributed by atoms with Crippen LogP contribution in [0.25, 0.3) is 0 Å². The molecule has 0 aliphatic carbocycles. The van der Waals surface area contributed by atoms with E-state index in [2.05, 4.69) is 17.2 Å². The van der Waals surface area contributed by atoms with Crippen molar-refractivity contribution in [2.75, 3.05) is 5.32 Å². The van der Waals surface area contributed by atoms with Gasteiger partial charge in [-0.2, -0.15) is 0 Å². The molecule has 2 aromatic rings. The van der Waals surface area contributed by atoms with Crippen molar-refractivity contribution < 1.29 is 9.21 Å². The number of aryl methyl sites for hydroxylation is 1. The van der Waals surface area contributed by atoms with Crippen LogP contribution in [-0.2, 0) is 17.6 Å². The summed E-state index contributed by atoms with van der Waals surface area (Å²) in [5.74, 6) is -0.0943. The van der Waals surface area contributed by atoms with Crippen molar-refractivity contribution in [3.8, 4) is 0 Å². The first-order valence-corrected chi connectivity index (χ1v) is 5.54. The molecule has 0 aliphatic heterocycles. The molecule has 1 heterocycles. The minimum Gasteiger partial charge on any atom is -0.451 e. The Labute approximate surface area is 99.7 Å². The van der Waals surface area contributed by atoms with Crippen LogP contribution in [0.3, 0.4) is 0 Å². The third kappa shape index (κ3) is 3.17. The maximum atomic E-state index is 11.6. The van der Waals surface area contributed by atoms with Crippen molar-refractivity contribution in [1.29, 1.82) is 0 Å². The molecular weight excluding hydrogens is 216 g/mol. The van der Waals surface area contributed by atoms with Crippen molar-refractivity contribution in [1.82, 2.24) is 4.98 Å². The van der Waals surface area contributed by atoms with Gasteiger partial charge in [-0.3, -0.25) is 4.79 Å². The van der Waals surface area contributed by atoms with E-state index in [0.29, 0.717) is 5.69 Å². The second kappa shape index (κ2) is 5.30.